The molecule has 2 aliphatic rings. The summed E-state index contributed by atoms with van der Waals surface area (Å²) < 4.78 is 0. The molecule has 5 heteroatoms. The van der Waals surface area contributed by atoms with E-state index in [0.717, 1.165) is 55.8 Å². The van der Waals surface area contributed by atoms with Gasteiger partial charge in [-0.15, -0.1) is 0 Å². The number of rotatable bonds is 3. The molecule has 0 bridgehead atoms. The first-order valence-corrected chi connectivity index (χ1v) is 9.12. The van der Waals surface area contributed by atoms with Crippen LogP contribution in [0.5, 0.6) is 0 Å². The van der Waals surface area contributed by atoms with Crippen LogP contribution in [0.2, 0.25) is 0 Å². The van der Waals surface area contributed by atoms with Crippen molar-refractivity contribution in [3.05, 3.63) is 53.9 Å². The van der Waals surface area contributed by atoms with E-state index in [1.807, 2.05) is 30.6 Å². The van der Waals surface area contributed by atoms with Crippen LogP contribution in [0.25, 0.3) is 0 Å². The normalized spacial score (nSPS) is 22.2. The summed E-state index contributed by atoms with van der Waals surface area (Å²) in [4.78, 5) is 23.7. The smallest absolute Gasteiger partial charge is 0.228 e. The van der Waals surface area contributed by atoms with Crippen LogP contribution in [0.1, 0.15) is 43.2 Å². The summed E-state index contributed by atoms with van der Waals surface area (Å²) in [5, 5.41) is 3.30. The quantitative estimate of drug-likeness (QED) is 0.936. The summed E-state index contributed by atoms with van der Waals surface area (Å²) in [6.45, 7) is 3.87. The van der Waals surface area contributed by atoms with Gasteiger partial charge >= 0.3 is 0 Å². The lowest BCUT2D eigenvalue weighted by Crippen LogP contribution is -2.51. The molecule has 1 unspecified atom stereocenters. The Morgan fingerprint density at radius 1 is 1.16 bits per heavy atom. The third kappa shape index (κ3) is 3.11. The van der Waals surface area contributed by atoms with E-state index in [2.05, 4.69) is 39.2 Å². The van der Waals surface area contributed by atoms with Gasteiger partial charge in [0.05, 0.1) is 5.92 Å². The van der Waals surface area contributed by atoms with Crippen LogP contribution < -0.4 is 10.2 Å². The standard InChI is InChI=1S/C20H24N4O/c1-2-15-13-21-19(22-14-15)24-10-8-20(9-11-24)12-17(18(25)23-20)16-6-4-3-5-7-16/h3-7,13-14,17H,2,8-12H2,1H3,(H,23,25). The second-order valence-electron chi connectivity index (χ2n) is 7.17. The molecule has 2 aliphatic heterocycles. The summed E-state index contributed by atoms with van der Waals surface area (Å²) in [6.07, 6.45) is 7.56. The molecule has 3 heterocycles. The average molecular weight is 336 g/mol. The number of piperidine rings is 1. The zero-order chi connectivity index (χ0) is 17.3. The molecule has 130 valence electrons. The molecule has 2 fully saturated rings. The maximum absolute atomic E-state index is 12.5. The Morgan fingerprint density at radius 2 is 1.84 bits per heavy atom. The summed E-state index contributed by atoms with van der Waals surface area (Å²) >= 11 is 0. The number of nitrogens with zero attached hydrogens (tertiary/aromatic N) is 3. The summed E-state index contributed by atoms with van der Waals surface area (Å²) in [7, 11) is 0. The number of amides is 1. The van der Waals surface area contributed by atoms with E-state index in [-0.39, 0.29) is 17.4 Å². The zero-order valence-corrected chi connectivity index (χ0v) is 14.6. The topological polar surface area (TPSA) is 58.1 Å². The number of anilines is 1. The van der Waals surface area contributed by atoms with Crippen molar-refractivity contribution in [2.75, 3.05) is 18.0 Å². The second-order valence-corrected chi connectivity index (χ2v) is 7.17. The summed E-state index contributed by atoms with van der Waals surface area (Å²) in [5.74, 6) is 0.951. The van der Waals surface area contributed by atoms with Crippen molar-refractivity contribution in [2.45, 2.75) is 44.1 Å². The number of aromatic nitrogens is 2. The van der Waals surface area contributed by atoms with Crippen LogP contribution in [-0.4, -0.2) is 34.5 Å². The number of nitrogens with one attached hydrogen (secondary N) is 1. The highest BCUT2D eigenvalue weighted by Gasteiger charge is 2.46. The fourth-order valence-corrected chi connectivity index (χ4v) is 4.00. The number of benzene rings is 1. The Bertz CT molecular complexity index is 736. The van der Waals surface area contributed by atoms with E-state index in [1.54, 1.807) is 0 Å². The molecule has 0 aliphatic carbocycles. The van der Waals surface area contributed by atoms with Crippen LogP contribution in [0.4, 0.5) is 5.95 Å². The van der Waals surface area contributed by atoms with Crippen molar-refractivity contribution in [1.82, 2.24) is 15.3 Å². The summed E-state index contributed by atoms with van der Waals surface area (Å²) in [5.41, 5.74) is 2.21. The fraction of sp³-hybridized carbons (Fsp3) is 0.450. The maximum Gasteiger partial charge on any atom is 0.228 e. The SMILES string of the molecule is CCc1cnc(N2CCC3(CC2)CC(c2ccccc2)C(=O)N3)nc1. The van der Waals surface area contributed by atoms with E-state index >= 15 is 0 Å². The van der Waals surface area contributed by atoms with Gasteiger partial charge in [0.1, 0.15) is 0 Å². The van der Waals surface area contributed by atoms with Gasteiger partial charge in [-0.1, -0.05) is 37.3 Å². The third-order valence-electron chi connectivity index (χ3n) is 5.60. The molecular formula is C20H24N4O. The molecule has 1 spiro atoms. The molecule has 0 radical (unpaired) electrons. The van der Waals surface area contributed by atoms with Crippen molar-refractivity contribution in [3.63, 3.8) is 0 Å². The van der Waals surface area contributed by atoms with Gasteiger partial charge in [0.25, 0.3) is 0 Å². The number of hydrogen-bond acceptors (Lipinski definition) is 4. The maximum atomic E-state index is 12.5. The van der Waals surface area contributed by atoms with E-state index in [4.69, 9.17) is 0 Å². The van der Waals surface area contributed by atoms with E-state index in [1.165, 1.54) is 0 Å². The molecule has 4 rings (SSSR count). The van der Waals surface area contributed by atoms with Crippen molar-refractivity contribution >= 4 is 11.9 Å². The molecule has 2 saturated heterocycles. The van der Waals surface area contributed by atoms with Crippen LogP contribution in [0.15, 0.2) is 42.7 Å². The van der Waals surface area contributed by atoms with Crippen LogP contribution in [-0.2, 0) is 11.2 Å². The number of carbonyl (C=O) groups excluding carboxylic acids is 1. The van der Waals surface area contributed by atoms with Gasteiger partial charge < -0.3 is 10.2 Å². The van der Waals surface area contributed by atoms with Crippen LogP contribution in [0.3, 0.4) is 0 Å². The largest absolute Gasteiger partial charge is 0.350 e. The Balaban J connectivity index is 1.43. The predicted molar refractivity (Wildman–Crippen MR) is 97.5 cm³/mol. The van der Waals surface area contributed by atoms with Crippen molar-refractivity contribution in [1.29, 1.82) is 0 Å². The monoisotopic (exact) mass is 336 g/mol. The van der Waals surface area contributed by atoms with E-state index in [9.17, 15) is 4.79 Å². The minimum Gasteiger partial charge on any atom is -0.350 e. The van der Waals surface area contributed by atoms with Gasteiger partial charge in [-0.2, -0.15) is 0 Å². The molecule has 1 N–H and O–H groups in total. The van der Waals surface area contributed by atoms with Crippen molar-refractivity contribution in [2.24, 2.45) is 0 Å². The highest BCUT2D eigenvalue weighted by Crippen LogP contribution is 2.39. The van der Waals surface area contributed by atoms with Crippen LogP contribution >= 0.6 is 0 Å². The Kier molecular flexibility index (Phi) is 4.15. The van der Waals surface area contributed by atoms with Gasteiger partial charge in [0, 0.05) is 31.0 Å². The molecule has 1 aromatic carbocycles. The fourth-order valence-electron chi connectivity index (χ4n) is 4.00. The van der Waals surface area contributed by atoms with Crippen molar-refractivity contribution < 1.29 is 4.79 Å². The van der Waals surface area contributed by atoms with Gasteiger partial charge in [-0.3, -0.25) is 4.79 Å². The minimum atomic E-state index is -0.0720. The predicted octanol–water partition coefficient (Wildman–Crippen LogP) is 2.68. The van der Waals surface area contributed by atoms with Gasteiger partial charge in [0.15, 0.2) is 0 Å². The first-order valence-electron chi connectivity index (χ1n) is 9.12. The molecule has 5 nitrogen and oxygen atoms in total. The molecule has 25 heavy (non-hydrogen) atoms. The molecule has 1 amide bonds. The lowest BCUT2D eigenvalue weighted by atomic mass is 9.82. The Morgan fingerprint density at radius 3 is 2.48 bits per heavy atom. The Hall–Kier alpha value is -2.43. The molecular weight excluding hydrogens is 312 g/mol. The summed E-state index contributed by atoms with van der Waals surface area (Å²) in [6, 6.07) is 10.1. The van der Waals surface area contributed by atoms with Gasteiger partial charge in [-0.05, 0) is 36.8 Å². The van der Waals surface area contributed by atoms with Crippen LogP contribution in [0, 0.1) is 0 Å². The third-order valence-corrected chi connectivity index (χ3v) is 5.60. The first kappa shape index (κ1) is 16.1. The minimum absolute atomic E-state index is 0.0205. The molecule has 0 saturated carbocycles. The van der Waals surface area contributed by atoms with Gasteiger partial charge in [-0.25, -0.2) is 9.97 Å². The molecule has 1 atom stereocenters. The highest BCUT2D eigenvalue weighted by atomic mass is 16.2. The zero-order valence-electron chi connectivity index (χ0n) is 14.6. The Labute approximate surface area is 148 Å². The second kappa shape index (κ2) is 6.47. The number of carbonyl (C=O) groups is 1. The van der Waals surface area contributed by atoms with Gasteiger partial charge in [0.2, 0.25) is 11.9 Å². The molecule has 1 aromatic heterocycles. The highest BCUT2D eigenvalue weighted by molar-refractivity contribution is 5.87. The first-order chi connectivity index (χ1) is 12.2. The number of hydrogen-bond donors (Lipinski definition) is 1. The lowest BCUT2D eigenvalue weighted by Gasteiger charge is -2.39. The average Bonchev–Trinajstić information content (AvgIpc) is 2.99. The lowest BCUT2D eigenvalue weighted by molar-refractivity contribution is -0.121. The van der Waals surface area contributed by atoms with E-state index < -0.39 is 0 Å². The number of aryl methyl sites for hydroxylation is 1. The van der Waals surface area contributed by atoms with E-state index in [0.29, 0.717) is 0 Å². The molecule has 2 aromatic rings. The van der Waals surface area contributed by atoms with Crippen molar-refractivity contribution in [3.8, 4) is 0 Å².